The van der Waals surface area contributed by atoms with Crippen LogP contribution in [0.2, 0.25) is 5.02 Å². The molecular weight excluding hydrogens is 264 g/mol. The molecule has 6 heteroatoms. The second kappa shape index (κ2) is 6.70. The van der Waals surface area contributed by atoms with Crippen molar-refractivity contribution in [3.63, 3.8) is 0 Å². The fraction of sp³-hybridized carbons (Fsp3) is 0.154. The zero-order valence-corrected chi connectivity index (χ0v) is 10.9. The van der Waals surface area contributed by atoms with Crippen molar-refractivity contribution in [1.82, 2.24) is 15.3 Å². The van der Waals surface area contributed by atoms with Crippen LogP contribution in [0, 0.1) is 0 Å². The van der Waals surface area contributed by atoms with Gasteiger partial charge in [-0.05, 0) is 24.1 Å². The summed E-state index contributed by atoms with van der Waals surface area (Å²) in [4.78, 5) is 19.4. The zero-order valence-electron chi connectivity index (χ0n) is 10.1. The van der Waals surface area contributed by atoms with E-state index in [4.69, 9.17) is 11.6 Å². The highest BCUT2D eigenvalue weighted by atomic mass is 35.5. The second-order valence-electron chi connectivity index (χ2n) is 3.85. The Hall–Kier alpha value is -2.14. The highest BCUT2D eigenvalue weighted by molar-refractivity contribution is 6.30. The van der Waals surface area contributed by atoms with Gasteiger partial charge in [0.1, 0.15) is 0 Å². The van der Waals surface area contributed by atoms with Crippen LogP contribution in [0.4, 0.5) is 10.6 Å². The SMILES string of the molecule is O=C(NCCc1cccc(Cl)c1)Nc1cnccn1. The van der Waals surface area contributed by atoms with Crippen molar-refractivity contribution in [3.8, 4) is 0 Å². The maximum Gasteiger partial charge on any atom is 0.320 e. The summed E-state index contributed by atoms with van der Waals surface area (Å²) < 4.78 is 0. The van der Waals surface area contributed by atoms with Crippen LogP contribution in [-0.2, 0) is 6.42 Å². The Morgan fingerprint density at radius 1 is 1.32 bits per heavy atom. The molecule has 1 aromatic carbocycles. The van der Waals surface area contributed by atoms with E-state index in [1.54, 1.807) is 6.20 Å². The quantitative estimate of drug-likeness (QED) is 0.902. The van der Waals surface area contributed by atoms with E-state index in [-0.39, 0.29) is 6.03 Å². The molecule has 0 fully saturated rings. The van der Waals surface area contributed by atoms with E-state index in [1.807, 2.05) is 24.3 Å². The van der Waals surface area contributed by atoms with E-state index in [0.717, 1.165) is 5.56 Å². The average molecular weight is 277 g/mol. The number of amides is 2. The van der Waals surface area contributed by atoms with Gasteiger partial charge in [0, 0.05) is 24.0 Å². The summed E-state index contributed by atoms with van der Waals surface area (Å²) in [6, 6.07) is 7.25. The predicted molar refractivity (Wildman–Crippen MR) is 74.2 cm³/mol. The van der Waals surface area contributed by atoms with E-state index in [9.17, 15) is 4.79 Å². The molecule has 0 aliphatic heterocycles. The molecule has 98 valence electrons. The molecule has 0 unspecified atom stereocenters. The maximum absolute atomic E-state index is 11.6. The van der Waals surface area contributed by atoms with E-state index in [0.29, 0.717) is 23.8 Å². The van der Waals surface area contributed by atoms with E-state index in [2.05, 4.69) is 20.6 Å². The first kappa shape index (κ1) is 13.3. The highest BCUT2D eigenvalue weighted by Gasteiger charge is 2.02. The van der Waals surface area contributed by atoms with Crippen LogP contribution < -0.4 is 10.6 Å². The number of benzene rings is 1. The molecule has 19 heavy (non-hydrogen) atoms. The minimum atomic E-state index is -0.303. The lowest BCUT2D eigenvalue weighted by molar-refractivity contribution is 0.252. The fourth-order valence-corrected chi connectivity index (χ4v) is 1.75. The number of aromatic nitrogens is 2. The van der Waals surface area contributed by atoms with Crippen molar-refractivity contribution in [3.05, 3.63) is 53.4 Å². The van der Waals surface area contributed by atoms with Crippen LogP contribution in [0.25, 0.3) is 0 Å². The number of carbonyl (C=O) groups excluding carboxylic acids is 1. The Morgan fingerprint density at radius 2 is 2.21 bits per heavy atom. The van der Waals surface area contributed by atoms with Crippen LogP contribution in [0.15, 0.2) is 42.9 Å². The Labute approximate surface area is 116 Å². The topological polar surface area (TPSA) is 66.9 Å². The lowest BCUT2D eigenvalue weighted by Gasteiger charge is -2.06. The lowest BCUT2D eigenvalue weighted by atomic mass is 10.1. The number of carbonyl (C=O) groups is 1. The Kier molecular flexibility index (Phi) is 4.69. The molecular formula is C13H13ClN4O. The minimum absolute atomic E-state index is 0.303. The molecule has 2 rings (SSSR count). The average Bonchev–Trinajstić information content (AvgIpc) is 2.40. The van der Waals surface area contributed by atoms with Gasteiger partial charge in [0.2, 0.25) is 0 Å². The van der Waals surface area contributed by atoms with Gasteiger partial charge in [-0.2, -0.15) is 0 Å². The number of urea groups is 1. The van der Waals surface area contributed by atoms with E-state index < -0.39 is 0 Å². The standard InChI is InChI=1S/C13H13ClN4O/c14-11-3-1-2-10(8-11)4-5-17-13(19)18-12-9-15-6-7-16-12/h1-3,6-9H,4-5H2,(H2,16,17,18,19). The monoisotopic (exact) mass is 276 g/mol. The molecule has 0 radical (unpaired) electrons. The summed E-state index contributed by atoms with van der Waals surface area (Å²) in [5.41, 5.74) is 1.08. The zero-order chi connectivity index (χ0) is 13.5. The molecule has 1 heterocycles. The van der Waals surface area contributed by atoms with Crippen LogP contribution in [0.5, 0.6) is 0 Å². The molecule has 0 spiro atoms. The third kappa shape index (κ3) is 4.56. The van der Waals surface area contributed by atoms with Gasteiger partial charge in [0.05, 0.1) is 6.20 Å². The van der Waals surface area contributed by atoms with Crippen molar-refractivity contribution in [2.45, 2.75) is 6.42 Å². The van der Waals surface area contributed by atoms with Gasteiger partial charge in [0.15, 0.2) is 5.82 Å². The van der Waals surface area contributed by atoms with Gasteiger partial charge in [-0.15, -0.1) is 0 Å². The van der Waals surface area contributed by atoms with Crippen LogP contribution >= 0.6 is 11.6 Å². The van der Waals surface area contributed by atoms with Crippen LogP contribution in [0.1, 0.15) is 5.56 Å². The number of anilines is 1. The third-order valence-corrected chi connectivity index (χ3v) is 2.63. The summed E-state index contributed by atoms with van der Waals surface area (Å²) in [5, 5.41) is 6.02. The first-order valence-corrected chi connectivity index (χ1v) is 6.17. The molecule has 2 N–H and O–H groups in total. The van der Waals surface area contributed by atoms with Crippen LogP contribution in [0.3, 0.4) is 0 Å². The molecule has 0 aliphatic carbocycles. The fourth-order valence-electron chi connectivity index (χ4n) is 1.54. The molecule has 0 atom stereocenters. The van der Waals surface area contributed by atoms with Gasteiger partial charge in [-0.3, -0.25) is 10.3 Å². The van der Waals surface area contributed by atoms with Crippen LogP contribution in [-0.4, -0.2) is 22.5 Å². The smallest absolute Gasteiger partial charge is 0.320 e. The first-order chi connectivity index (χ1) is 9.24. The van der Waals surface area contributed by atoms with Crippen molar-refractivity contribution in [2.24, 2.45) is 0 Å². The number of nitrogens with one attached hydrogen (secondary N) is 2. The molecule has 0 bridgehead atoms. The maximum atomic E-state index is 11.6. The molecule has 0 saturated carbocycles. The largest absolute Gasteiger partial charge is 0.337 e. The molecule has 2 aromatic rings. The summed E-state index contributed by atoms with van der Waals surface area (Å²) in [6.45, 7) is 0.520. The minimum Gasteiger partial charge on any atom is -0.337 e. The van der Waals surface area contributed by atoms with Gasteiger partial charge in [-0.25, -0.2) is 9.78 Å². The summed E-state index contributed by atoms with van der Waals surface area (Å²) >= 11 is 5.88. The Bertz CT molecular complexity index is 547. The number of halogens is 1. The normalized spacial score (nSPS) is 9.95. The summed E-state index contributed by atoms with van der Waals surface area (Å²) in [7, 11) is 0. The highest BCUT2D eigenvalue weighted by Crippen LogP contribution is 2.10. The number of hydrogen-bond donors (Lipinski definition) is 2. The van der Waals surface area contributed by atoms with Gasteiger partial charge in [-0.1, -0.05) is 23.7 Å². The molecule has 1 aromatic heterocycles. The van der Waals surface area contributed by atoms with Crippen molar-refractivity contribution < 1.29 is 4.79 Å². The molecule has 2 amide bonds. The molecule has 0 saturated heterocycles. The molecule has 5 nitrogen and oxygen atoms in total. The summed E-state index contributed by atoms with van der Waals surface area (Å²) in [6.07, 6.45) is 5.26. The Balaban J connectivity index is 1.75. The third-order valence-electron chi connectivity index (χ3n) is 2.39. The number of nitrogens with zero attached hydrogens (tertiary/aromatic N) is 2. The number of rotatable bonds is 4. The predicted octanol–water partition coefficient (Wildman–Crippen LogP) is 2.49. The van der Waals surface area contributed by atoms with Gasteiger partial charge in [0.25, 0.3) is 0 Å². The van der Waals surface area contributed by atoms with Crippen molar-refractivity contribution >= 4 is 23.4 Å². The van der Waals surface area contributed by atoms with Crippen molar-refractivity contribution in [1.29, 1.82) is 0 Å². The lowest BCUT2D eigenvalue weighted by Crippen LogP contribution is -2.30. The van der Waals surface area contributed by atoms with E-state index >= 15 is 0 Å². The molecule has 0 aliphatic rings. The van der Waals surface area contributed by atoms with E-state index in [1.165, 1.54) is 12.4 Å². The van der Waals surface area contributed by atoms with Gasteiger partial charge >= 0.3 is 6.03 Å². The number of hydrogen-bond acceptors (Lipinski definition) is 3. The Morgan fingerprint density at radius 3 is 2.95 bits per heavy atom. The second-order valence-corrected chi connectivity index (χ2v) is 4.29. The summed E-state index contributed by atoms with van der Waals surface area (Å²) in [5.74, 6) is 0.419. The van der Waals surface area contributed by atoms with Crippen molar-refractivity contribution in [2.75, 3.05) is 11.9 Å². The first-order valence-electron chi connectivity index (χ1n) is 5.79. The van der Waals surface area contributed by atoms with Gasteiger partial charge < -0.3 is 5.32 Å².